The van der Waals surface area contributed by atoms with Gasteiger partial charge in [-0.15, -0.1) is 0 Å². The molecule has 47 heavy (non-hydrogen) atoms. The Kier molecular flexibility index (Phi) is 9.30. The zero-order valence-electron chi connectivity index (χ0n) is 26.7. The molecule has 1 saturated carbocycles. The van der Waals surface area contributed by atoms with Crippen molar-refractivity contribution in [2.45, 2.75) is 45.1 Å². The number of sulfonamides is 1. The summed E-state index contributed by atoms with van der Waals surface area (Å²) in [6.45, 7) is 4.08. The molecule has 0 saturated heterocycles. The molecule has 1 heterocycles. The van der Waals surface area contributed by atoms with Gasteiger partial charge in [0.05, 0.1) is 30.6 Å². The first-order chi connectivity index (χ1) is 22.1. The van der Waals surface area contributed by atoms with Crippen LogP contribution in [0.15, 0.2) is 65.1 Å². The molecular weight excluding hydrogens is 629 g/mol. The van der Waals surface area contributed by atoms with Gasteiger partial charge < -0.3 is 24.5 Å². The lowest BCUT2D eigenvalue weighted by Gasteiger charge is -2.25. The number of amides is 2. The summed E-state index contributed by atoms with van der Waals surface area (Å²) in [5.74, 6) is -0.133. The van der Waals surface area contributed by atoms with Crippen LogP contribution in [0.25, 0.3) is 22.3 Å². The predicted molar refractivity (Wildman–Crippen MR) is 175 cm³/mol. The number of hydrogen-bond donors (Lipinski definition) is 2. The number of ether oxygens (including phenoxy) is 2. The number of carbonyl (C=O) groups excluding carboxylic acids is 3. The molecular formula is C34H36FN3O8S. The fourth-order valence-corrected chi connectivity index (χ4v) is 5.93. The van der Waals surface area contributed by atoms with Crippen LogP contribution >= 0.6 is 0 Å². The van der Waals surface area contributed by atoms with Gasteiger partial charge in [0, 0.05) is 24.1 Å². The second-order valence-electron chi connectivity index (χ2n) is 12.3. The third-order valence-corrected chi connectivity index (χ3v) is 8.42. The van der Waals surface area contributed by atoms with Gasteiger partial charge in [0.1, 0.15) is 34.3 Å². The lowest BCUT2D eigenvalue weighted by atomic mass is 10.0. The molecule has 0 spiro atoms. The third-order valence-electron chi connectivity index (χ3n) is 7.29. The molecule has 11 nitrogen and oxygen atoms in total. The molecule has 248 valence electrons. The van der Waals surface area contributed by atoms with Gasteiger partial charge in [0.15, 0.2) is 5.78 Å². The lowest BCUT2D eigenvalue weighted by Crippen LogP contribution is -2.41. The minimum atomic E-state index is -3.97. The number of nitrogens with one attached hydrogen (secondary N) is 2. The summed E-state index contributed by atoms with van der Waals surface area (Å²) >= 11 is 0. The zero-order valence-corrected chi connectivity index (χ0v) is 27.5. The average molecular weight is 666 g/mol. The highest BCUT2D eigenvalue weighted by Crippen LogP contribution is 2.48. The molecule has 2 amide bonds. The second-order valence-corrected chi connectivity index (χ2v) is 14.2. The van der Waals surface area contributed by atoms with Crippen molar-refractivity contribution in [2.24, 2.45) is 0 Å². The van der Waals surface area contributed by atoms with Gasteiger partial charge in [-0.1, -0.05) is 0 Å². The monoisotopic (exact) mass is 665 g/mol. The molecule has 0 bridgehead atoms. The summed E-state index contributed by atoms with van der Waals surface area (Å²) in [4.78, 5) is 38.3. The SMILES string of the molecule is CNC(=O)c1c(-c2ccc(Oc3ccc(F)cc3)cc2)oc2cc(N(CC(=O)CNC(=O)OC(C)(C)C)S(C)(=O)=O)c(C3CC3)cc12. The van der Waals surface area contributed by atoms with Crippen molar-refractivity contribution >= 4 is 44.5 Å². The Morgan fingerprint density at radius 3 is 2.17 bits per heavy atom. The Balaban J connectivity index is 1.50. The number of rotatable bonds is 11. The van der Waals surface area contributed by atoms with Gasteiger partial charge in [-0.2, -0.15) is 0 Å². The first kappa shape index (κ1) is 33.5. The molecule has 2 N–H and O–H groups in total. The maximum absolute atomic E-state index is 13.3. The van der Waals surface area contributed by atoms with Gasteiger partial charge in [-0.25, -0.2) is 17.6 Å². The van der Waals surface area contributed by atoms with E-state index in [1.165, 1.54) is 31.3 Å². The van der Waals surface area contributed by atoms with Gasteiger partial charge in [0.25, 0.3) is 5.91 Å². The second kappa shape index (κ2) is 13.1. The number of nitrogens with zero attached hydrogens (tertiary/aromatic N) is 1. The number of fused-ring (bicyclic) bond motifs is 1. The number of anilines is 1. The maximum atomic E-state index is 13.3. The smallest absolute Gasteiger partial charge is 0.408 e. The van der Waals surface area contributed by atoms with Crippen molar-refractivity contribution < 1.29 is 41.1 Å². The van der Waals surface area contributed by atoms with E-state index in [1.54, 1.807) is 57.2 Å². The molecule has 13 heteroatoms. The van der Waals surface area contributed by atoms with E-state index < -0.39 is 46.5 Å². The van der Waals surface area contributed by atoms with Crippen LogP contribution in [0.3, 0.4) is 0 Å². The molecule has 3 aromatic carbocycles. The van der Waals surface area contributed by atoms with Gasteiger partial charge in [-0.3, -0.25) is 13.9 Å². The Morgan fingerprint density at radius 2 is 1.62 bits per heavy atom. The van der Waals surface area contributed by atoms with Crippen molar-refractivity contribution in [3.05, 3.63) is 77.6 Å². The fraction of sp³-hybridized carbons (Fsp3) is 0.324. The maximum Gasteiger partial charge on any atom is 0.408 e. The number of carbonyl (C=O) groups is 3. The summed E-state index contributed by atoms with van der Waals surface area (Å²) in [5, 5.41) is 5.52. The highest BCUT2D eigenvalue weighted by molar-refractivity contribution is 7.92. The average Bonchev–Trinajstić information content (AvgIpc) is 3.78. The minimum absolute atomic E-state index is 0.0208. The number of furan rings is 1. The Bertz CT molecular complexity index is 1930. The predicted octanol–water partition coefficient (Wildman–Crippen LogP) is 6.13. The number of ketones is 1. The van der Waals surface area contributed by atoms with Gasteiger partial charge >= 0.3 is 6.09 Å². The molecule has 0 atom stereocenters. The highest BCUT2D eigenvalue weighted by Gasteiger charge is 2.34. The van der Waals surface area contributed by atoms with Gasteiger partial charge in [-0.05, 0) is 99.7 Å². The van der Waals surface area contributed by atoms with E-state index in [9.17, 15) is 27.2 Å². The number of hydrogen-bond acceptors (Lipinski definition) is 8. The van der Waals surface area contributed by atoms with Crippen LogP contribution in [-0.2, 0) is 19.6 Å². The summed E-state index contributed by atoms with van der Waals surface area (Å²) < 4.78 is 57.7. The van der Waals surface area contributed by atoms with Crippen molar-refractivity contribution in [1.29, 1.82) is 0 Å². The van der Waals surface area contributed by atoms with E-state index >= 15 is 0 Å². The molecule has 5 rings (SSSR count). The first-order valence-corrected chi connectivity index (χ1v) is 16.8. The fourth-order valence-electron chi connectivity index (χ4n) is 5.04. The van der Waals surface area contributed by atoms with Crippen LogP contribution in [0.2, 0.25) is 0 Å². The summed E-state index contributed by atoms with van der Waals surface area (Å²) in [6, 6.07) is 15.7. The standard InChI is InChI=1S/C34H36FN3O8S/c1-34(2,3)46-33(41)37-18-23(39)19-38(47(5,42)43)28-17-29-27(16-26(28)20-6-7-20)30(32(40)36-4)31(45-29)21-8-12-24(13-9-21)44-25-14-10-22(35)11-15-25/h8-17,20H,6-7,18-19H2,1-5H3,(H,36,40)(H,37,41). The molecule has 0 radical (unpaired) electrons. The number of alkyl carbamates (subject to hydrolysis) is 1. The Hall–Kier alpha value is -4.91. The number of Topliss-reactive ketones (excluding diaryl/α,β-unsaturated/α-hetero) is 1. The molecule has 4 aromatic rings. The van der Waals surface area contributed by atoms with Crippen molar-refractivity contribution in [3.63, 3.8) is 0 Å². The lowest BCUT2D eigenvalue weighted by molar-refractivity contribution is -0.116. The third kappa shape index (κ3) is 8.09. The number of benzene rings is 3. The van der Waals surface area contributed by atoms with Crippen LogP contribution in [0.1, 0.15) is 55.5 Å². The van der Waals surface area contributed by atoms with Crippen LogP contribution in [0.5, 0.6) is 11.5 Å². The van der Waals surface area contributed by atoms with Crippen LogP contribution in [0.4, 0.5) is 14.9 Å². The van der Waals surface area contributed by atoms with Crippen molar-refractivity contribution in [2.75, 3.05) is 30.7 Å². The molecule has 0 unspecified atom stereocenters. The molecule has 1 aliphatic carbocycles. The van der Waals surface area contributed by atoms with Crippen molar-refractivity contribution in [3.8, 4) is 22.8 Å². The molecule has 1 aliphatic rings. The van der Waals surface area contributed by atoms with E-state index in [0.29, 0.717) is 28.0 Å². The Labute approximate surface area is 272 Å². The van der Waals surface area contributed by atoms with Crippen molar-refractivity contribution in [1.82, 2.24) is 10.6 Å². The normalized spacial score (nSPS) is 13.2. The van der Waals surface area contributed by atoms with E-state index in [0.717, 1.165) is 23.4 Å². The topological polar surface area (TPSA) is 144 Å². The largest absolute Gasteiger partial charge is 0.457 e. The zero-order chi connectivity index (χ0) is 34.1. The van der Waals surface area contributed by atoms with Gasteiger partial charge in [0.2, 0.25) is 10.0 Å². The summed E-state index contributed by atoms with van der Waals surface area (Å²) in [5.41, 5.74) is 1.24. The van der Waals surface area contributed by atoms with E-state index in [1.807, 2.05) is 0 Å². The number of halogens is 1. The molecule has 1 aromatic heterocycles. The van der Waals surface area contributed by atoms with Crippen LogP contribution in [0, 0.1) is 5.82 Å². The van der Waals surface area contributed by atoms with E-state index in [-0.39, 0.29) is 34.3 Å². The van der Waals surface area contributed by atoms with E-state index in [4.69, 9.17) is 13.9 Å². The quantitative estimate of drug-likeness (QED) is 0.195. The Morgan fingerprint density at radius 1 is 1.00 bits per heavy atom. The molecule has 1 fully saturated rings. The summed E-state index contributed by atoms with van der Waals surface area (Å²) in [6.07, 6.45) is 1.82. The van der Waals surface area contributed by atoms with Crippen LogP contribution < -0.4 is 19.7 Å². The highest BCUT2D eigenvalue weighted by atomic mass is 32.2. The minimum Gasteiger partial charge on any atom is -0.457 e. The van der Waals surface area contributed by atoms with E-state index in [2.05, 4.69) is 10.6 Å². The molecule has 0 aliphatic heterocycles. The first-order valence-electron chi connectivity index (χ1n) is 15.0. The van der Waals surface area contributed by atoms with Crippen LogP contribution in [-0.4, -0.2) is 58.2 Å². The summed E-state index contributed by atoms with van der Waals surface area (Å²) in [7, 11) is -2.47.